The van der Waals surface area contributed by atoms with Crippen LogP contribution in [-0.4, -0.2) is 23.8 Å². The van der Waals surface area contributed by atoms with Gasteiger partial charge in [0.15, 0.2) is 0 Å². The normalized spacial score (nSPS) is 35.0. The van der Waals surface area contributed by atoms with E-state index >= 15 is 0 Å². The smallest absolute Gasteiger partial charge is 0.0698 e. The summed E-state index contributed by atoms with van der Waals surface area (Å²) in [5.41, 5.74) is 0.490. The van der Waals surface area contributed by atoms with Crippen LogP contribution in [0.15, 0.2) is 0 Å². The molecule has 2 N–H and O–H groups in total. The molecule has 0 bridgehead atoms. The summed E-state index contributed by atoms with van der Waals surface area (Å²) >= 11 is 0. The van der Waals surface area contributed by atoms with Crippen LogP contribution in [0.25, 0.3) is 0 Å². The quantitative estimate of drug-likeness (QED) is 0.667. The Bertz CT molecular complexity index is 159. The van der Waals surface area contributed by atoms with Crippen LogP contribution in [0.4, 0.5) is 0 Å². The number of rotatable bonds is 3. The van der Waals surface area contributed by atoms with E-state index in [1.165, 1.54) is 19.3 Å². The second kappa shape index (κ2) is 3.00. The lowest BCUT2D eigenvalue weighted by atomic mass is 9.96. The third-order valence-electron chi connectivity index (χ3n) is 3.37. The van der Waals surface area contributed by atoms with Crippen molar-refractivity contribution in [3.63, 3.8) is 0 Å². The van der Waals surface area contributed by atoms with Crippen molar-refractivity contribution >= 4 is 0 Å². The molecule has 1 aliphatic heterocycles. The molecule has 1 saturated heterocycles. The average molecular weight is 169 g/mol. The molecule has 0 radical (unpaired) electrons. The standard InChI is InChI=1S/C10H19NO/c1-10(4-5-10)7-9(12)8-3-2-6-11-8/h8-9,11-12H,2-7H2,1H3/t8-,9+/m0/s1. The molecule has 0 amide bonds. The van der Waals surface area contributed by atoms with Gasteiger partial charge in [0.1, 0.15) is 0 Å². The predicted molar refractivity (Wildman–Crippen MR) is 49.0 cm³/mol. The van der Waals surface area contributed by atoms with E-state index in [0.29, 0.717) is 11.5 Å². The molecule has 2 heteroatoms. The molecule has 0 aromatic heterocycles. The zero-order chi connectivity index (χ0) is 8.60. The molecular weight excluding hydrogens is 150 g/mol. The maximum absolute atomic E-state index is 9.86. The monoisotopic (exact) mass is 169 g/mol. The zero-order valence-electron chi connectivity index (χ0n) is 7.84. The number of aliphatic hydroxyl groups is 1. The zero-order valence-corrected chi connectivity index (χ0v) is 7.84. The van der Waals surface area contributed by atoms with Crippen molar-refractivity contribution in [2.24, 2.45) is 5.41 Å². The largest absolute Gasteiger partial charge is 0.391 e. The van der Waals surface area contributed by atoms with Gasteiger partial charge in [-0.1, -0.05) is 6.92 Å². The van der Waals surface area contributed by atoms with Crippen LogP contribution in [0, 0.1) is 5.41 Å². The molecule has 1 saturated carbocycles. The second-order valence-electron chi connectivity index (χ2n) is 4.78. The number of hydrogen-bond donors (Lipinski definition) is 2. The summed E-state index contributed by atoms with van der Waals surface area (Å²) in [7, 11) is 0. The van der Waals surface area contributed by atoms with E-state index in [-0.39, 0.29) is 6.10 Å². The number of nitrogens with one attached hydrogen (secondary N) is 1. The van der Waals surface area contributed by atoms with Gasteiger partial charge < -0.3 is 10.4 Å². The molecule has 2 rings (SSSR count). The van der Waals surface area contributed by atoms with Crippen LogP contribution in [0.3, 0.4) is 0 Å². The summed E-state index contributed by atoms with van der Waals surface area (Å²) in [6.45, 7) is 3.38. The average Bonchev–Trinajstić information content (AvgIpc) is 2.55. The van der Waals surface area contributed by atoms with Crippen LogP contribution < -0.4 is 5.32 Å². The molecule has 2 atom stereocenters. The lowest BCUT2D eigenvalue weighted by molar-refractivity contribution is 0.106. The fourth-order valence-electron chi connectivity index (χ4n) is 2.10. The Morgan fingerprint density at radius 2 is 2.33 bits per heavy atom. The minimum Gasteiger partial charge on any atom is -0.391 e. The molecule has 70 valence electrons. The third kappa shape index (κ3) is 1.80. The van der Waals surface area contributed by atoms with Crippen molar-refractivity contribution < 1.29 is 5.11 Å². The first kappa shape index (κ1) is 8.52. The highest BCUT2D eigenvalue weighted by Gasteiger charge is 2.40. The SMILES string of the molecule is CC1(C[C@@H](O)[C@@H]2CCCN2)CC1. The molecule has 2 aliphatic rings. The minimum absolute atomic E-state index is 0.0972. The fraction of sp³-hybridized carbons (Fsp3) is 1.00. The molecular formula is C10H19NO. The lowest BCUT2D eigenvalue weighted by Gasteiger charge is -2.21. The first-order valence-corrected chi connectivity index (χ1v) is 5.11. The van der Waals surface area contributed by atoms with E-state index in [4.69, 9.17) is 0 Å². The van der Waals surface area contributed by atoms with Crippen molar-refractivity contribution in [1.82, 2.24) is 5.32 Å². The van der Waals surface area contributed by atoms with Gasteiger partial charge in [0, 0.05) is 6.04 Å². The Morgan fingerprint density at radius 3 is 2.83 bits per heavy atom. The molecule has 1 heterocycles. The van der Waals surface area contributed by atoms with E-state index in [0.717, 1.165) is 19.4 Å². The van der Waals surface area contributed by atoms with Crippen LogP contribution in [-0.2, 0) is 0 Å². The molecule has 1 aliphatic carbocycles. The van der Waals surface area contributed by atoms with Crippen molar-refractivity contribution in [2.75, 3.05) is 6.54 Å². The van der Waals surface area contributed by atoms with Crippen molar-refractivity contribution in [2.45, 2.75) is 51.2 Å². The summed E-state index contributed by atoms with van der Waals surface area (Å²) in [5, 5.41) is 13.2. The van der Waals surface area contributed by atoms with Crippen molar-refractivity contribution in [3.05, 3.63) is 0 Å². The van der Waals surface area contributed by atoms with Gasteiger partial charge in [0.05, 0.1) is 6.10 Å². The maximum Gasteiger partial charge on any atom is 0.0698 e. The van der Waals surface area contributed by atoms with E-state index in [2.05, 4.69) is 12.2 Å². The Hall–Kier alpha value is -0.0800. The molecule has 2 fully saturated rings. The predicted octanol–water partition coefficient (Wildman–Crippen LogP) is 1.29. The molecule has 2 nitrogen and oxygen atoms in total. The Balaban J connectivity index is 1.79. The Labute approximate surface area is 74.4 Å². The van der Waals surface area contributed by atoms with Gasteiger partial charge in [-0.2, -0.15) is 0 Å². The van der Waals surface area contributed by atoms with Gasteiger partial charge in [-0.3, -0.25) is 0 Å². The van der Waals surface area contributed by atoms with Gasteiger partial charge in [-0.15, -0.1) is 0 Å². The summed E-state index contributed by atoms with van der Waals surface area (Å²) < 4.78 is 0. The van der Waals surface area contributed by atoms with Crippen LogP contribution >= 0.6 is 0 Å². The van der Waals surface area contributed by atoms with Crippen LogP contribution in [0.2, 0.25) is 0 Å². The number of hydrogen-bond acceptors (Lipinski definition) is 2. The van der Waals surface area contributed by atoms with E-state index < -0.39 is 0 Å². The number of aliphatic hydroxyl groups excluding tert-OH is 1. The highest BCUT2D eigenvalue weighted by atomic mass is 16.3. The first-order valence-electron chi connectivity index (χ1n) is 5.11. The summed E-state index contributed by atoms with van der Waals surface area (Å²) in [5.74, 6) is 0. The minimum atomic E-state index is -0.0972. The molecule has 0 unspecified atom stereocenters. The topological polar surface area (TPSA) is 32.3 Å². The van der Waals surface area contributed by atoms with Gasteiger partial charge in [-0.25, -0.2) is 0 Å². The lowest BCUT2D eigenvalue weighted by Crippen LogP contribution is -2.36. The van der Waals surface area contributed by atoms with Gasteiger partial charge >= 0.3 is 0 Å². The summed E-state index contributed by atoms with van der Waals surface area (Å²) in [6, 6.07) is 0.391. The van der Waals surface area contributed by atoms with Crippen molar-refractivity contribution in [1.29, 1.82) is 0 Å². The Morgan fingerprint density at radius 1 is 1.58 bits per heavy atom. The van der Waals surface area contributed by atoms with E-state index in [1.54, 1.807) is 0 Å². The van der Waals surface area contributed by atoms with Crippen molar-refractivity contribution in [3.8, 4) is 0 Å². The van der Waals surface area contributed by atoms with E-state index in [9.17, 15) is 5.11 Å². The van der Waals surface area contributed by atoms with Gasteiger partial charge in [0.2, 0.25) is 0 Å². The second-order valence-corrected chi connectivity index (χ2v) is 4.78. The third-order valence-corrected chi connectivity index (χ3v) is 3.37. The highest BCUT2D eigenvalue weighted by molar-refractivity contribution is 4.94. The van der Waals surface area contributed by atoms with Gasteiger partial charge in [0.25, 0.3) is 0 Å². The summed E-state index contributed by atoms with van der Waals surface area (Å²) in [6.07, 6.45) is 5.94. The maximum atomic E-state index is 9.86. The molecule has 0 aromatic carbocycles. The Kier molecular flexibility index (Phi) is 2.13. The van der Waals surface area contributed by atoms with Gasteiger partial charge in [-0.05, 0) is 44.1 Å². The molecule has 0 spiro atoms. The fourth-order valence-corrected chi connectivity index (χ4v) is 2.10. The first-order chi connectivity index (χ1) is 5.70. The molecule has 0 aromatic rings. The molecule has 12 heavy (non-hydrogen) atoms. The summed E-state index contributed by atoms with van der Waals surface area (Å²) in [4.78, 5) is 0. The van der Waals surface area contributed by atoms with Crippen LogP contribution in [0.1, 0.15) is 39.0 Å². The van der Waals surface area contributed by atoms with Crippen LogP contribution in [0.5, 0.6) is 0 Å². The highest BCUT2D eigenvalue weighted by Crippen LogP contribution is 2.49. The van der Waals surface area contributed by atoms with E-state index in [1.807, 2.05) is 0 Å².